The van der Waals surface area contributed by atoms with Gasteiger partial charge in [0, 0.05) is 0 Å². The topological polar surface area (TPSA) is 83.5 Å². The van der Waals surface area contributed by atoms with Gasteiger partial charge in [0.15, 0.2) is 0 Å². The molecule has 0 aliphatic heterocycles. The molecule has 0 saturated heterocycles. The summed E-state index contributed by atoms with van der Waals surface area (Å²) >= 11 is 0. The molecule has 0 rings (SSSR count). The summed E-state index contributed by atoms with van der Waals surface area (Å²) in [5.41, 5.74) is 5.09. The molecule has 0 radical (unpaired) electrons. The molecule has 0 fully saturated rings. The molecule has 1 unspecified atom stereocenters. The fourth-order valence-electron chi connectivity index (χ4n) is 0.306. The number of carboxylic acids is 1. The van der Waals surface area contributed by atoms with Crippen molar-refractivity contribution in [2.24, 2.45) is 5.73 Å². The Labute approximate surface area is 52.6 Å². The first-order valence-corrected chi connectivity index (χ1v) is 2.39. The Morgan fingerprint density at radius 1 is 1.67 bits per heavy atom. The van der Waals surface area contributed by atoms with Gasteiger partial charge in [0.05, 0.1) is 12.5 Å². The molecule has 0 saturated carbocycles. The molecule has 0 spiro atoms. The van der Waals surface area contributed by atoms with E-state index in [1.54, 1.807) is 0 Å². The molecule has 9 heavy (non-hydrogen) atoms. The quantitative estimate of drug-likeness (QED) is 0.465. The molecular weight excluding hydrogens is 122 g/mol. The third kappa shape index (κ3) is 3.54. The highest BCUT2D eigenvalue weighted by Gasteiger charge is 2.09. The monoisotopic (exact) mass is 131 g/mol. The van der Waals surface area contributed by atoms with E-state index in [9.17, 15) is 4.79 Å². The van der Waals surface area contributed by atoms with E-state index in [0.717, 1.165) is 0 Å². The smallest absolute Gasteiger partial charge is 0.305 e. The van der Waals surface area contributed by atoms with E-state index in [4.69, 9.17) is 15.9 Å². The van der Waals surface area contributed by atoms with Crippen LogP contribution in [0.2, 0.25) is 0 Å². The highest BCUT2D eigenvalue weighted by atomic mass is 16.4. The molecule has 52 valence electrons. The Morgan fingerprint density at radius 2 is 2.11 bits per heavy atom. The maximum Gasteiger partial charge on any atom is 0.305 e. The van der Waals surface area contributed by atoms with E-state index in [0.29, 0.717) is 0 Å². The summed E-state index contributed by atoms with van der Waals surface area (Å²) < 4.78 is 0. The summed E-state index contributed by atoms with van der Waals surface area (Å²) in [6.45, 7) is 3.08. The van der Waals surface area contributed by atoms with Gasteiger partial charge in [-0.25, -0.2) is 0 Å². The minimum absolute atomic E-state index is 0.282. The van der Waals surface area contributed by atoms with Crippen LogP contribution in [0.5, 0.6) is 0 Å². The number of carboxylic acid groups (broad SMARTS) is 1. The van der Waals surface area contributed by atoms with Gasteiger partial charge in [-0.1, -0.05) is 6.58 Å². The van der Waals surface area contributed by atoms with Crippen LogP contribution in [0.1, 0.15) is 6.42 Å². The molecule has 4 N–H and O–H groups in total. The number of rotatable bonds is 3. The molecule has 0 amide bonds. The van der Waals surface area contributed by atoms with Crippen molar-refractivity contribution in [2.75, 3.05) is 0 Å². The lowest BCUT2D eigenvalue weighted by atomic mass is 10.2. The van der Waals surface area contributed by atoms with Crippen molar-refractivity contribution < 1.29 is 15.0 Å². The van der Waals surface area contributed by atoms with Crippen LogP contribution in [-0.4, -0.2) is 22.2 Å². The molecule has 4 nitrogen and oxygen atoms in total. The van der Waals surface area contributed by atoms with Gasteiger partial charge in [-0.15, -0.1) is 0 Å². The van der Waals surface area contributed by atoms with Crippen molar-refractivity contribution >= 4 is 5.97 Å². The van der Waals surface area contributed by atoms with E-state index < -0.39 is 12.0 Å². The van der Waals surface area contributed by atoms with E-state index in [-0.39, 0.29) is 12.2 Å². The van der Waals surface area contributed by atoms with Crippen LogP contribution < -0.4 is 5.73 Å². The number of aliphatic carboxylic acids is 1. The van der Waals surface area contributed by atoms with Gasteiger partial charge >= 0.3 is 5.97 Å². The lowest BCUT2D eigenvalue weighted by molar-refractivity contribution is -0.137. The van der Waals surface area contributed by atoms with Gasteiger partial charge in [0.2, 0.25) is 0 Å². The maximum atomic E-state index is 9.88. The fraction of sp³-hybridized carbons (Fsp3) is 0.400. The number of aliphatic hydroxyl groups excluding tert-OH is 1. The average Bonchev–Trinajstić information content (AvgIpc) is 1.63. The zero-order valence-corrected chi connectivity index (χ0v) is 4.87. The SMILES string of the molecule is C=C(O)C(N)CC(=O)O. The van der Waals surface area contributed by atoms with Crippen molar-refractivity contribution in [2.45, 2.75) is 12.5 Å². The number of nitrogens with two attached hydrogens (primary N) is 1. The molecule has 1 atom stereocenters. The van der Waals surface area contributed by atoms with Crippen molar-refractivity contribution in [3.8, 4) is 0 Å². The lowest BCUT2D eigenvalue weighted by Gasteiger charge is -2.04. The summed E-state index contributed by atoms with van der Waals surface area (Å²) in [6.07, 6.45) is -0.282. The number of hydrogen-bond acceptors (Lipinski definition) is 3. The van der Waals surface area contributed by atoms with Gasteiger partial charge in [-0.2, -0.15) is 0 Å². The fourth-order valence-corrected chi connectivity index (χ4v) is 0.306. The number of hydrogen-bond donors (Lipinski definition) is 3. The Kier molecular flexibility index (Phi) is 2.73. The van der Waals surface area contributed by atoms with Gasteiger partial charge < -0.3 is 15.9 Å². The Morgan fingerprint density at radius 3 is 2.22 bits per heavy atom. The normalized spacial score (nSPS) is 12.6. The molecule has 0 bridgehead atoms. The molecular formula is C5H9NO3. The number of carbonyl (C=O) groups is 1. The zero-order chi connectivity index (χ0) is 7.44. The number of aliphatic hydroxyl groups is 1. The van der Waals surface area contributed by atoms with Gasteiger partial charge in [0.25, 0.3) is 0 Å². The summed E-state index contributed by atoms with van der Waals surface area (Å²) in [5.74, 6) is -1.34. The Hall–Kier alpha value is -1.03. The first-order chi connectivity index (χ1) is 4.04. The average molecular weight is 131 g/mol. The minimum Gasteiger partial charge on any atom is -0.511 e. The highest BCUT2D eigenvalue weighted by molar-refractivity contribution is 5.67. The summed E-state index contributed by atoms with van der Waals surface area (Å²) in [5, 5.41) is 16.6. The van der Waals surface area contributed by atoms with Crippen molar-refractivity contribution in [3.63, 3.8) is 0 Å². The second kappa shape index (κ2) is 3.09. The third-order valence-corrected chi connectivity index (χ3v) is 0.823. The summed E-state index contributed by atoms with van der Waals surface area (Å²) in [4.78, 5) is 9.88. The van der Waals surface area contributed by atoms with Crippen molar-refractivity contribution in [1.82, 2.24) is 0 Å². The summed E-state index contributed by atoms with van der Waals surface area (Å²) in [7, 11) is 0. The molecule has 4 heteroatoms. The molecule has 0 aliphatic carbocycles. The first-order valence-electron chi connectivity index (χ1n) is 2.39. The second-order valence-corrected chi connectivity index (χ2v) is 1.70. The van der Waals surface area contributed by atoms with Crippen LogP contribution in [-0.2, 0) is 4.79 Å². The maximum absolute atomic E-state index is 9.88. The molecule has 0 aliphatic rings. The summed E-state index contributed by atoms with van der Waals surface area (Å²) in [6, 6.07) is -0.845. The van der Waals surface area contributed by atoms with Crippen LogP contribution in [0.25, 0.3) is 0 Å². The van der Waals surface area contributed by atoms with Crippen molar-refractivity contribution in [3.05, 3.63) is 12.3 Å². The second-order valence-electron chi connectivity index (χ2n) is 1.70. The van der Waals surface area contributed by atoms with Gasteiger partial charge in [-0.3, -0.25) is 4.79 Å². The Bertz CT molecular complexity index is 132. The standard InChI is InChI=1S/C5H9NO3/c1-3(7)4(6)2-5(8)9/h4,7H,1-2,6H2,(H,8,9). The van der Waals surface area contributed by atoms with E-state index >= 15 is 0 Å². The van der Waals surface area contributed by atoms with Crippen LogP contribution in [0.3, 0.4) is 0 Å². The largest absolute Gasteiger partial charge is 0.511 e. The molecule has 0 heterocycles. The van der Waals surface area contributed by atoms with Gasteiger partial charge in [0.1, 0.15) is 5.76 Å². The van der Waals surface area contributed by atoms with E-state index in [2.05, 4.69) is 6.58 Å². The minimum atomic E-state index is -1.04. The molecule has 0 aromatic rings. The van der Waals surface area contributed by atoms with Crippen LogP contribution in [0.15, 0.2) is 12.3 Å². The van der Waals surface area contributed by atoms with E-state index in [1.807, 2.05) is 0 Å². The van der Waals surface area contributed by atoms with Crippen molar-refractivity contribution in [1.29, 1.82) is 0 Å². The van der Waals surface area contributed by atoms with E-state index in [1.165, 1.54) is 0 Å². The van der Waals surface area contributed by atoms with Crippen LogP contribution >= 0.6 is 0 Å². The highest BCUT2D eigenvalue weighted by Crippen LogP contribution is 1.95. The van der Waals surface area contributed by atoms with Gasteiger partial charge in [-0.05, 0) is 0 Å². The third-order valence-electron chi connectivity index (χ3n) is 0.823. The van der Waals surface area contributed by atoms with Crippen LogP contribution in [0, 0.1) is 0 Å². The first kappa shape index (κ1) is 7.97. The van der Waals surface area contributed by atoms with Crippen LogP contribution in [0.4, 0.5) is 0 Å². The zero-order valence-electron chi connectivity index (χ0n) is 4.87. The molecule has 0 aromatic carbocycles. The Balaban J connectivity index is 3.63. The predicted octanol–water partition coefficient (Wildman–Crippen LogP) is -0.140. The molecule has 0 aromatic heterocycles. The predicted molar refractivity (Wildman–Crippen MR) is 32.0 cm³/mol. The lowest BCUT2D eigenvalue weighted by Crippen LogP contribution is -2.25.